The molecule has 0 atom stereocenters. The molecule has 8 heteroatoms. The highest BCUT2D eigenvalue weighted by molar-refractivity contribution is 7.89. The fourth-order valence-electron chi connectivity index (χ4n) is 2.17. The number of nitrogens with zero attached hydrogens (tertiary/aromatic N) is 1. The molecule has 1 fully saturated rings. The van der Waals surface area contributed by atoms with E-state index in [1.807, 2.05) is 13.8 Å². The molecule has 1 aromatic heterocycles. The maximum absolute atomic E-state index is 12.3. The highest BCUT2D eigenvalue weighted by Crippen LogP contribution is 2.18. The highest BCUT2D eigenvalue weighted by atomic mass is 32.2. The first-order valence-electron chi connectivity index (χ1n) is 6.31. The van der Waals surface area contributed by atoms with Gasteiger partial charge in [0.2, 0.25) is 5.09 Å². The number of carbonyl (C=O) groups is 1. The third kappa shape index (κ3) is 3.02. The lowest BCUT2D eigenvalue weighted by Crippen LogP contribution is -2.58. The van der Waals surface area contributed by atoms with E-state index < -0.39 is 10.0 Å². The van der Waals surface area contributed by atoms with Gasteiger partial charge < -0.3 is 14.6 Å². The highest BCUT2D eigenvalue weighted by Gasteiger charge is 2.30. The van der Waals surface area contributed by atoms with Gasteiger partial charge in [-0.15, -0.1) is 0 Å². The first-order valence-corrected chi connectivity index (χ1v) is 7.80. The lowest BCUT2D eigenvalue weighted by atomic mass is 10.0. The molecule has 0 aliphatic carbocycles. The zero-order chi connectivity index (χ0) is 15.0. The van der Waals surface area contributed by atoms with E-state index in [0.717, 1.165) is 0 Å². The number of hydrogen-bond donors (Lipinski definition) is 2. The molecule has 7 nitrogen and oxygen atoms in total. The molecule has 1 aromatic rings. The van der Waals surface area contributed by atoms with Crippen LogP contribution in [0.4, 0.5) is 0 Å². The van der Waals surface area contributed by atoms with Crippen LogP contribution in [-0.4, -0.2) is 51.4 Å². The fraction of sp³-hybridized carbons (Fsp3) is 0.583. The first-order chi connectivity index (χ1) is 9.25. The van der Waals surface area contributed by atoms with E-state index in [2.05, 4.69) is 10.0 Å². The summed E-state index contributed by atoms with van der Waals surface area (Å²) in [6.07, 6.45) is 1.18. The Hall–Kier alpha value is -1.38. The van der Waals surface area contributed by atoms with Crippen LogP contribution in [0.1, 0.15) is 24.2 Å². The van der Waals surface area contributed by atoms with Crippen LogP contribution in [-0.2, 0) is 10.0 Å². The normalized spacial score (nSPS) is 19.1. The van der Waals surface area contributed by atoms with Crippen LogP contribution in [0.2, 0.25) is 0 Å². The molecule has 1 aliphatic rings. The number of furan rings is 1. The van der Waals surface area contributed by atoms with E-state index in [1.165, 1.54) is 19.4 Å². The third-order valence-corrected chi connectivity index (χ3v) is 4.50. The summed E-state index contributed by atoms with van der Waals surface area (Å²) in [6.45, 7) is 5.88. The van der Waals surface area contributed by atoms with Crippen molar-refractivity contribution in [3.05, 3.63) is 17.9 Å². The Kier molecular flexibility index (Phi) is 3.90. The van der Waals surface area contributed by atoms with Crippen molar-refractivity contribution in [1.82, 2.24) is 14.9 Å². The van der Waals surface area contributed by atoms with Crippen LogP contribution < -0.4 is 10.0 Å². The van der Waals surface area contributed by atoms with Gasteiger partial charge in [-0.3, -0.25) is 4.79 Å². The Bertz CT molecular complexity index is 606. The van der Waals surface area contributed by atoms with Crippen molar-refractivity contribution in [2.45, 2.75) is 24.5 Å². The molecule has 0 radical (unpaired) electrons. The van der Waals surface area contributed by atoms with Crippen molar-refractivity contribution >= 4 is 15.9 Å². The molecule has 1 amide bonds. The Morgan fingerprint density at radius 3 is 2.80 bits per heavy atom. The summed E-state index contributed by atoms with van der Waals surface area (Å²) in [5.74, 6) is -0.221. The SMILES string of the molecule is CNS(=O)(=O)c1cc(C(=O)N2CCNC(C)(C)C2)co1. The van der Waals surface area contributed by atoms with Crippen molar-refractivity contribution < 1.29 is 17.6 Å². The average Bonchev–Trinajstić information content (AvgIpc) is 2.87. The second kappa shape index (κ2) is 5.19. The molecule has 1 aliphatic heterocycles. The van der Waals surface area contributed by atoms with Gasteiger partial charge in [0.15, 0.2) is 0 Å². The second-order valence-corrected chi connectivity index (χ2v) is 7.22. The quantitative estimate of drug-likeness (QED) is 0.820. The van der Waals surface area contributed by atoms with Crippen LogP contribution in [0.5, 0.6) is 0 Å². The van der Waals surface area contributed by atoms with Crippen molar-refractivity contribution in [2.75, 3.05) is 26.7 Å². The smallest absolute Gasteiger partial charge is 0.273 e. The van der Waals surface area contributed by atoms with E-state index >= 15 is 0 Å². The van der Waals surface area contributed by atoms with Gasteiger partial charge in [-0.05, 0) is 20.9 Å². The van der Waals surface area contributed by atoms with Crippen LogP contribution in [0.25, 0.3) is 0 Å². The van der Waals surface area contributed by atoms with E-state index in [9.17, 15) is 13.2 Å². The van der Waals surface area contributed by atoms with Crippen molar-refractivity contribution in [2.24, 2.45) is 0 Å². The fourth-order valence-corrected chi connectivity index (χ4v) is 2.83. The summed E-state index contributed by atoms with van der Waals surface area (Å²) in [7, 11) is -2.37. The molecule has 2 rings (SSSR count). The van der Waals surface area contributed by atoms with Gasteiger partial charge >= 0.3 is 0 Å². The van der Waals surface area contributed by atoms with Crippen molar-refractivity contribution in [1.29, 1.82) is 0 Å². The van der Waals surface area contributed by atoms with E-state index in [-0.39, 0.29) is 22.1 Å². The molecule has 1 saturated heterocycles. The number of carbonyl (C=O) groups excluding carboxylic acids is 1. The molecule has 112 valence electrons. The minimum atomic E-state index is -3.66. The van der Waals surface area contributed by atoms with E-state index in [4.69, 9.17) is 4.42 Å². The predicted octanol–water partition coefficient (Wildman–Crippen LogP) is 0.0117. The summed E-state index contributed by atoms with van der Waals surface area (Å²) in [5.41, 5.74) is 0.0916. The topological polar surface area (TPSA) is 91.7 Å². The summed E-state index contributed by atoms with van der Waals surface area (Å²) in [4.78, 5) is 14.0. The van der Waals surface area contributed by atoms with E-state index in [1.54, 1.807) is 4.90 Å². The minimum Gasteiger partial charge on any atom is -0.451 e. The summed E-state index contributed by atoms with van der Waals surface area (Å²) in [5, 5.41) is 3.06. The average molecular weight is 301 g/mol. The lowest BCUT2D eigenvalue weighted by Gasteiger charge is -2.38. The number of amides is 1. The van der Waals surface area contributed by atoms with Gasteiger partial charge in [0.1, 0.15) is 6.26 Å². The zero-order valence-corrected chi connectivity index (χ0v) is 12.6. The number of sulfonamides is 1. The molecule has 2 heterocycles. The van der Waals surface area contributed by atoms with Crippen molar-refractivity contribution in [3.63, 3.8) is 0 Å². The molecule has 20 heavy (non-hydrogen) atoms. The Morgan fingerprint density at radius 2 is 2.20 bits per heavy atom. The molecule has 0 unspecified atom stereocenters. The van der Waals surface area contributed by atoms with Crippen molar-refractivity contribution in [3.8, 4) is 0 Å². The molecular formula is C12H19N3O4S. The summed E-state index contributed by atoms with van der Waals surface area (Å²) < 4.78 is 30.3. The number of piperazine rings is 1. The summed E-state index contributed by atoms with van der Waals surface area (Å²) in [6, 6.07) is 1.25. The molecule has 0 spiro atoms. The monoisotopic (exact) mass is 301 g/mol. The maximum atomic E-state index is 12.3. The lowest BCUT2D eigenvalue weighted by molar-refractivity contribution is 0.0651. The maximum Gasteiger partial charge on any atom is 0.273 e. The standard InChI is InChI=1S/C12H19N3O4S/c1-12(2)8-15(5-4-14-12)11(16)9-6-10(19-7-9)20(17,18)13-3/h6-7,13-14H,4-5,8H2,1-3H3. The first kappa shape index (κ1) is 15.0. The third-order valence-electron chi connectivity index (χ3n) is 3.21. The van der Waals surface area contributed by atoms with Gasteiger partial charge in [0, 0.05) is 31.2 Å². The van der Waals surface area contributed by atoms with Gasteiger partial charge in [0.05, 0.1) is 5.56 Å². The molecule has 0 aromatic carbocycles. The van der Waals surface area contributed by atoms with Crippen LogP contribution in [0.15, 0.2) is 21.8 Å². The summed E-state index contributed by atoms with van der Waals surface area (Å²) >= 11 is 0. The van der Waals surface area contributed by atoms with Crippen LogP contribution in [0, 0.1) is 0 Å². The zero-order valence-electron chi connectivity index (χ0n) is 11.8. The Balaban J connectivity index is 2.18. The van der Waals surface area contributed by atoms with Gasteiger partial charge in [-0.1, -0.05) is 0 Å². The number of rotatable bonds is 3. The Labute approximate surface area is 118 Å². The minimum absolute atomic E-state index is 0.155. The Morgan fingerprint density at radius 1 is 1.50 bits per heavy atom. The van der Waals surface area contributed by atoms with Gasteiger partial charge in [-0.2, -0.15) is 0 Å². The van der Waals surface area contributed by atoms with Crippen LogP contribution in [0.3, 0.4) is 0 Å². The predicted molar refractivity (Wildman–Crippen MR) is 72.9 cm³/mol. The van der Waals surface area contributed by atoms with E-state index in [0.29, 0.717) is 19.6 Å². The second-order valence-electron chi connectivity index (χ2n) is 5.40. The number of nitrogens with one attached hydrogen (secondary N) is 2. The number of hydrogen-bond acceptors (Lipinski definition) is 5. The largest absolute Gasteiger partial charge is 0.451 e. The van der Waals surface area contributed by atoms with Gasteiger partial charge in [-0.25, -0.2) is 13.1 Å². The molecular weight excluding hydrogens is 282 g/mol. The van der Waals surface area contributed by atoms with Gasteiger partial charge in [0.25, 0.3) is 15.9 Å². The molecule has 0 bridgehead atoms. The van der Waals surface area contributed by atoms with Crippen LogP contribution >= 0.6 is 0 Å². The molecule has 0 saturated carbocycles. The molecule has 2 N–H and O–H groups in total.